The molecule has 1 aromatic carbocycles. The van der Waals surface area contributed by atoms with Crippen molar-refractivity contribution in [2.24, 2.45) is 13.0 Å². The van der Waals surface area contributed by atoms with E-state index in [1.165, 1.54) is 12.4 Å². The van der Waals surface area contributed by atoms with Crippen LogP contribution in [0.25, 0.3) is 0 Å². The van der Waals surface area contributed by atoms with Gasteiger partial charge in [0.05, 0.1) is 9.82 Å². The van der Waals surface area contributed by atoms with Crippen LogP contribution in [0.15, 0.2) is 34.6 Å². The van der Waals surface area contributed by atoms with E-state index in [1.54, 1.807) is 23.7 Å². The first-order valence-corrected chi connectivity index (χ1v) is 9.09. The first kappa shape index (κ1) is 21.1. The van der Waals surface area contributed by atoms with Crippen LogP contribution in [0.2, 0.25) is 0 Å². The highest BCUT2D eigenvalue weighted by atomic mass is 35.5. The Balaban J connectivity index is 0.00000261. The molecule has 146 valence electrons. The minimum absolute atomic E-state index is 0. The van der Waals surface area contributed by atoms with Crippen molar-refractivity contribution in [3.63, 3.8) is 0 Å². The van der Waals surface area contributed by atoms with Crippen molar-refractivity contribution in [2.75, 3.05) is 13.1 Å². The maximum atomic E-state index is 12.5. The summed E-state index contributed by atoms with van der Waals surface area (Å²) in [5.74, 6) is 0.0600. The zero-order valence-electron chi connectivity index (χ0n) is 14.9. The van der Waals surface area contributed by atoms with Gasteiger partial charge in [0, 0.05) is 31.3 Å². The van der Waals surface area contributed by atoms with Gasteiger partial charge in [-0.2, -0.15) is 0 Å². The summed E-state index contributed by atoms with van der Waals surface area (Å²) in [7, 11) is 1.76. The van der Waals surface area contributed by atoms with Crippen LogP contribution in [-0.2, 0) is 7.05 Å². The van der Waals surface area contributed by atoms with Gasteiger partial charge >= 0.3 is 0 Å². The van der Waals surface area contributed by atoms with Crippen LogP contribution >= 0.6 is 24.2 Å². The molecule has 27 heavy (non-hydrogen) atoms. The topological polar surface area (TPSA) is 115 Å². The number of benzene rings is 1. The second kappa shape index (κ2) is 9.16. The van der Waals surface area contributed by atoms with Gasteiger partial charge in [0.15, 0.2) is 5.16 Å². The molecule has 1 aromatic heterocycles. The van der Waals surface area contributed by atoms with Crippen molar-refractivity contribution in [3.8, 4) is 0 Å². The highest BCUT2D eigenvalue weighted by molar-refractivity contribution is 7.99. The standard InChI is InChI=1S/C16H20N6O3S.ClH/c1-10-5-6-17-8-12(10)19-15(23)11-3-4-14(13(7-11)22(24)25)26-16-20-18-9-21(16)2;/h3-4,7,9-10,12,17H,5-6,8H2,1-2H3,(H,19,23);1H. The number of nitrogens with zero attached hydrogens (tertiary/aromatic N) is 4. The molecule has 9 nitrogen and oxygen atoms in total. The van der Waals surface area contributed by atoms with E-state index in [0.29, 0.717) is 22.5 Å². The van der Waals surface area contributed by atoms with Crippen molar-refractivity contribution < 1.29 is 9.72 Å². The Morgan fingerprint density at radius 2 is 2.26 bits per heavy atom. The number of nitrogens with one attached hydrogen (secondary N) is 2. The van der Waals surface area contributed by atoms with Gasteiger partial charge in [0.2, 0.25) is 0 Å². The van der Waals surface area contributed by atoms with Crippen LogP contribution in [0.3, 0.4) is 0 Å². The lowest BCUT2D eigenvalue weighted by Crippen LogP contribution is -2.50. The number of aromatic nitrogens is 3. The van der Waals surface area contributed by atoms with Crippen molar-refractivity contribution in [1.29, 1.82) is 0 Å². The molecule has 11 heteroatoms. The number of hydrogen-bond acceptors (Lipinski definition) is 7. The Kier molecular flexibility index (Phi) is 7.17. The lowest BCUT2D eigenvalue weighted by Gasteiger charge is -2.30. The van der Waals surface area contributed by atoms with Crippen LogP contribution in [0.5, 0.6) is 0 Å². The molecule has 1 saturated heterocycles. The molecule has 2 unspecified atom stereocenters. The predicted molar refractivity (Wildman–Crippen MR) is 103 cm³/mol. The molecule has 2 heterocycles. The fourth-order valence-corrected chi connectivity index (χ4v) is 3.64. The average Bonchev–Trinajstić information content (AvgIpc) is 3.02. The normalized spacial score (nSPS) is 19.2. The smallest absolute Gasteiger partial charge is 0.284 e. The maximum absolute atomic E-state index is 12.5. The summed E-state index contributed by atoms with van der Waals surface area (Å²) >= 11 is 1.14. The summed E-state index contributed by atoms with van der Waals surface area (Å²) < 4.78 is 1.67. The van der Waals surface area contributed by atoms with Crippen LogP contribution in [0.4, 0.5) is 5.69 Å². The quantitative estimate of drug-likeness (QED) is 0.570. The summed E-state index contributed by atoms with van der Waals surface area (Å²) in [6.45, 7) is 3.73. The lowest BCUT2D eigenvalue weighted by molar-refractivity contribution is -0.387. The first-order valence-electron chi connectivity index (χ1n) is 8.27. The number of rotatable bonds is 5. The molecule has 2 atom stereocenters. The van der Waals surface area contributed by atoms with Gasteiger partial charge in [0.1, 0.15) is 6.33 Å². The minimum Gasteiger partial charge on any atom is -0.348 e. The maximum Gasteiger partial charge on any atom is 0.284 e. The summed E-state index contributed by atoms with van der Waals surface area (Å²) in [6, 6.07) is 4.51. The van der Waals surface area contributed by atoms with Gasteiger partial charge in [-0.25, -0.2) is 0 Å². The Morgan fingerprint density at radius 1 is 1.48 bits per heavy atom. The van der Waals surface area contributed by atoms with Crippen molar-refractivity contribution in [1.82, 2.24) is 25.4 Å². The van der Waals surface area contributed by atoms with Crippen LogP contribution in [0, 0.1) is 16.0 Å². The van der Waals surface area contributed by atoms with E-state index in [4.69, 9.17) is 0 Å². The molecule has 2 aromatic rings. The number of halogens is 1. The number of piperidine rings is 1. The molecular weight excluding hydrogens is 392 g/mol. The summed E-state index contributed by atoms with van der Waals surface area (Å²) in [5.41, 5.74) is 0.150. The number of carbonyl (C=O) groups is 1. The van der Waals surface area contributed by atoms with E-state index in [-0.39, 0.29) is 35.6 Å². The van der Waals surface area contributed by atoms with Crippen molar-refractivity contribution in [2.45, 2.75) is 29.4 Å². The van der Waals surface area contributed by atoms with E-state index in [2.05, 4.69) is 27.8 Å². The van der Waals surface area contributed by atoms with Gasteiger partial charge in [0.25, 0.3) is 11.6 Å². The van der Waals surface area contributed by atoms with E-state index in [1.807, 2.05) is 0 Å². The number of nitro benzene ring substituents is 1. The van der Waals surface area contributed by atoms with Gasteiger partial charge in [-0.15, -0.1) is 22.6 Å². The fraction of sp³-hybridized carbons (Fsp3) is 0.438. The Bertz CT molecular complexity index is 830. The Hall–Kier alpha value is -2.17. The molecule has 0 spiro atoms. The highest BCUT2D eigenvalue weighted by Crippen LogP contribution is 2.34. The molecule has 1 fully saturated rings. The molecule has 1 amide bonds. The third kappa shape index (κ3) is 4.96. The van der Waals surface area contributed by atoms with Gasteiger partial charge in [-0.05, 0) is 42.8 Å². The molecule has 0 aliphatic carbocycles. The number of aryl methyl sites for hydroxylation is 1. The second-order valence-electron chi connectivity index (χ2n) is 6.32. The molecule has 1 aliphatic heterocycles. The lowest BCUT2D eigenvalue weighted by atomic mass is 9.94. The molecule has 0 bridgehead atoms. The monoisotopic (exact) mass is 412 g/mol. The first-order chi connectivity index (χ1) is 12.5. The number of nitro groups is 1. The summed E-state index contributed by atoms with van der Waals surface area (Å²) in [4.78, 5) is 23.9. The highest BCUT2D eigenvalue weighted by Gasteiger charge is 2.25. The number of amides is 1. The Morgan fingerprint density at radius 3 is 2.89 bits per heavy atom. The minimum atomic E-state index is -0.486. The van der Waals surface area contributed by atoms with E-state index in [0.717, 1.165) is 24.7 Å². The predicted octanol–water partition coefficient (Wildman–Crippen LogP) is 2.02. The Labute approximate surface area is 166 Å². The third-order valence-corrected chi connectivity index (χ3v) is 5.55. The number of hydrogen-bond donors (Lipinski definition) is 2. The zero-order chi connectivity index (χ0) is 18.7. The second-order valence-corrected chi connectivity index (χ2v) is 7.33. The van der Waals surface area contributed by atoms with E-state index >= 15 is 0 Å². The van der Waals surface area contributed by atoms with E-state index in [9.17, 15) is 14.9 Å². The van der Waals surface area contributed by atoms with Crippen LogP contribution < -0.4 is 10.6 Å². The third-order valence-electron chi connectivity index (χ3n) is 4.43. The van der Waals surface area contributed by atoms with E-state index < -0.39 is 4.92 Å². The van der Waals surface area contributed by atoms with Gasteiger partial charge < -0.3 is 15.2 Å². The molecule has 0 radical (unpaired) electrons. The molecule has 2 N–H and O–H groups in total. The zero-order valence-corrected chi connectivity index (χ0v) is 16.5. The van der Waals surface area contributed by atoms with Crippen LogP contribution in [0.1, 0.15) is 23.7 Å². The summed E-state index contributed by atoms with van der Waals surface area (Å²) in [6.07, 6.45) is 2.51. The van der Waals surface area contributed by atoms with Crippen molar-refractivity contribution in [3.05, 3.63) is 40.2 Å². The fourth-order valence-electron chi connectivity index (χ4n) is 2.79. The SMILES string of the molecule is CC1CCNCC1NC(=O)c1ccc(Sc2nncn2C)c([N+](=O)[O-])c1.Cl. The van der Waals surface area contributed by atoms with Gasteiger partial charge in [-0.1, -0.05) is 6.92 Å². The van der Waals surface area contributed by atoms with Gasteiger partial charge in [-0.3, -0.25) is 14.9 Å². The summed E-state index contributed by atoms with van der Waals surface area (Å²) in [5, 5.41) is 25.9. The van der Waals surface area contributed by atoms with Crippen molar-refractivity contribution >= 4 is 35.8 Å². The number of carbonyl (C=O) groups excluding carboxylic acids is 1. The largest absolute Gasteiger partial charge is 0.348 e. The molecule has 1 aliphatic rings. The average molecular weight is 413 g/mol. The van der Waals surface area contributed by atoms with Crippen LogP contribution in [-0.4, -0.2) is 44.7 Å². The molecule has 0 saturated carbocycles. The molecular formula is C16H21ClN6O3S. The molecule has 3 rings (SSSR count).